The number of halogens is 1. The highest BCUT2D eigenvalue weighted by atomic mass is 19.1. The summed E-state index contributed by atoms with van der Waals surface area (Å²) in [6.07, 6.45) is 8.80. The Morgan fingerprint density at radius 2 is 1.97 bits per heavy atom. The van der Waals surface area contributed by atoms with E-state index in [9.17, 15) is 9.18 Å². The molecule has 0 aliphatic heterocycles. The first kappa shape index (κ1) is 23.3. The van der Waals surface area contributed by atoms with Crippen molar-refractivity contribution in [2.24, 2.45) is 10.7 Å². The standard InChI is InChI=1S/C27H26FN7O/c28-21-11-17(10-19(12-21)20(13-29)15-30-22-8-2-1-3-9-22)14-31-27(36)24-23-26(33-16-32-24)35-25(34-23)18-6-4-5-7-18/h1-3,8-13,15-16,18H,4-7,14,29H2,(H,31,36)(H,32,33,34,35). The number of carbonyl (C=O) groups excluding carboxylic acids is 1. The molecule has 9 heteroatoms. The lowest BCUT2D eigenvalue weighted by atomic mass is 10.0. The molecular formula is C27H26FN7O. The second kappa shape index (κ2) is 10.5. The summed E-state index contributed by atoms with van der Waals surface area (Å²) in [5.41, 5.74) is 9.45. The molecule has 0 spiro atoms. The molecule has 0 bridgehead atoms. The van der Waals surface area contributed by atoms with Gasteiger partial charge in [0.2, 0.25) is 0 Å². The quantitative estimate of drug-likeness (QED) is 0.327. The third-order valence-corrected chi connectivity index (χ3v) is 6.30. The summed E-state index contributed by atoms with van der Waals surface area (Å²) in [7, 11) is 0. The number of hydrogen-bond acceptors (Lipinski definition) is 6. The molecule has 4 aromatic rings. The normalized spacial score (nSPS) is 14.6. The fraction of sp³-hybridized carbons (Fsp3) is 0.222. The van der Waals surface area contributed by atoms with Gasteiger partial charge in [-0.1, -0.05) is 31.0 Å². The van der Waals surface area contributed by atoms with E-state index in [0.29, 0.717) is 33.8 Å². The largest absolute Gasteiger partial charge is 0.404 e. The zero-order chi connectivity index (χ0) is 24.9. The first-order chi connectivity index (χ1) is 17.6. The van der Waals surface area contributed by atoms with E-state index in [0.717, 1.165) is 24.4 Å². The van der Waals surface area contributed by atoms with E-state index >= 15 is 0 Å². The highest BCUT2D eigenvalue weighted by Crippen LogP contribution is 2.33. The second-order valence-electron chi connectivity index (χ2n) is 8.77. The summed E-state index contributed by atoms with van der Waals surface area (Å²) in [4.78, 5) is 33.6. The number of fused-ring (bicyclic) bond motifs is 1. The zero-order valence-electron chi connectivity index (χ0n) is 19.6. The first-order valence-electron chi connectivity index (χ1n) is 11.9. The Morgan fingerprint density at radius 1 is 1.17 bits per heavy atom. The number of aliphatic imine (C=N–C) groups is 1. The molecule has 2 aromatic carbocycles. The molecule has 2 heterocycles. The summed E-state index contributed by atoms with van der Waals surface area (Å²) in [6.45, 7) is 0.104. The number of carbonyl (C=O) groups is 1. The molecule has 36 heavy (non-hydrogen) atoms. The van der Waals surface area contributed by atoms with Crippen molar-refractivity contribution in [1.82, 2.24) is 25.3 Å². The lowest BCUT2D eigenvalue weighted by Gasteiger charge is -2.09. The molecule has 182 valence electrons. The fourth-order valence-electron chi connectivity index (χ4n) is 4.47. The van der Waals surface area contributed by atoms with Crippen LogP contribution in [0.5, 0.6) is 0 Å². The predicted octanol–water partition coefficient (Wildman–Crippen LogP) is 4.78. The minimum absolute atomic E-state index is 0.104. The maximum atomic E-state index is 14.4. The second-order valence-corrected chi connectivity index (χ2v) is 8.77. The molecule has 2 aromatic heterocycles. The smallest absolute Gasteiger partial charge is 0.272 e. The lowest BCUT2D eigenvalue weighted by Crippen LogP contribution is -2.24. The minimum Gasteiger partial charge on any atom is -0.404 e. The summed E-state index contributed by atoms with van der Waals surface area (Å²) < 4.78 is 14.4. The number of nitrogens with zero attached hydrogens (tertiary/aromatic N) is 4. The summed E-state index contributed by atoms with van der Waals surface area (Å²) in [5.74, 6) is 0.375. The number of nitrogens with one attached hydrogen (secondary N) is 2. The van der Waals surface area contributed by atoms with Gasteiger partial charge < -0.3 is 16.0 Å². The Balaban J connectivity index is 1.32. The van der Waals surface area contributed by atoms with Gasteiger partial charge in [-0.3, -0.25) is 9.79 Å². The van der Waals surface area contributed by atoms with Gasteiger partial charge in [0.15, 0.2) is 11.3 Å². The van der Waals surface area contributed by atoms with Crippen molar-refractivity contribution >= 4 is 34.5 Å². The zero-order valence-corrected chi connectivity index (χ0v) is 19.6. The molecular weight excluding hydrogens is 457 g/mol. The number of hydrogen-bond donors (Lipinski definition) is 3. The number of aromatic nitrogens is 4. The van der Waals surface area contributed by atoms with Crippen LogP contribution in [-0.2, 0) is 6.54 Å². The summed E-state index contributed by atoms with van der Waals surface area (Å²) in [5, 5.41) is 2.83. The average Bonchev–Trinajstić information content (AvgIpc) is 3.58. The van der Waals surface area contributed by atoms with Crippen LogP contribution in [0.25, 0.3) is 16.7 Å². The fourth-order valence-corrected chi connectivity index (χ4v) is 4.47. The van der Waals surface area contributed by atoms with Crippen LogP contribution in [0.4, 0.5) is 10.1 Å². The average molecular weight is 484 g/mol. The van der Waals surface area contributed by atoms with Crippen LogP contribution in [0.3, 0.4) is 0 Å². The van der Waals surface area contributed by atoms with Crippen molar-refractivity contribution in [3.8, 4) is 0 Å². The van der Waals surface area contributed by atoms with E-state index in [-0.39, 0.29) is 12.2 Å². The predicted molar refractivity (Wildman–Crippen MR) is 137 cm³/mol. The third-order valence-electron chi connectivity index (χ3n) is 6.30. The minimum atomic E-state index is -0.441. The van der Waals surface area contributed by atoms with E-state index in [1.807, 2.05) is 30.3 Å². The lowest BCUT2D eigenvalue weighted by molar-refractivity contribution is 0.0947. The third kappa shape index (κ3) is 5.14. The maximum Gasteiger partial charge on any atom is 0.272 e. The van der Waals surface area contributed by atoms with E-state index in [4.69, 9.17) is 5.73 Å². The summed E-state index contributed by atoms with van der Waals surface area (Å²) in [6, 6.07) is 13.9. The SMILES string of the molecule is NC=C(C=Nc1ccccc1)c1cc(F)cc(CNC(=O)c2ncnc3nc(C4CCCC4)[nH]c23)c1. The van der Waals surface area contributed by atoms with Gasteiger partial charge in [0.05, 0.1) is 5.69 Å². The van der Waals surface area contributed by atoms with Gasteiger partial charge in [-0.05, 0) is 54.3 Å². The maximum absolute atomic E-state index is 14.4. The number of allylic oxidation sites excluding steroid dienone is 1. The van der Waals surface area contributed by atoms with Gasteiger partial charge in [0.1, 0.15) is 23.5 Å². The monoisotopic (exact) mass is 483 g/mol. The Labute approximate surface area is 207 Å². The molecule has 5 rings (SSSR count). The van der Waals surface area contributed by atoms with E-state index < -0.39 is 11.7 Å². The van der Waals surface area contributed by atoms with Crippen LogP contribution < -0.4 is 11.1 Å². The van der Waals surface area contributed by atoms with Crippen LogP contribution in [0.2, 0.25) is 0 Å². The Bertz CT molecular complexity index is 1440. The Kier molecular flexibility index (Phi) is 6.79. The first-order valence-corrected chi connectivity index (χ1v) is 11.9. The topological polar surface area (TPSA) is 122 Å². The molecule has 0 radical (unpaired) electrons. The van der Waals surface area contributed by atoms with E-state index in [1.165, 1.54) is 37.5 Å². The van der Waals surface area contributed by atoms with Gasteiger partial charge >= 0.3 is 0 Å². The van der Waals surface area contributed by atoms with Crippen molar-refractivity contribution in [2.75, 3.05) is 0 Å². The van der Waals surface area contributed by atoms with Crippen molar-refractivity contribution in [3.63, 3.8) is 0 Å². The molecule has 1 fully saturated rings. The number of amides is 1. The molecule has 1 amide bonds. The van der Waals surface area contributed by atoms with Gasteiger partial charge in [-0.15, -0.1) is 0 Å². The Morgan fingerprint density at radius 3 is 2.75 bits per heavy atom. The number of benzene rings is 2. The van der Waals surface area contributed by atoms with Crippen molar-refractivity contribution in [3.05, 3.63) is 89.5 Å². The summed E-state index contributed by atoms with van der Waals surface area (Å²) >= 11 is 0. The molecule has 0 saturated heterocycles. The highest BCUT2D eigenvalue weighted by molar-refractivity contribution is 6.10. The highest BCUT2D eigenvalue weighted by Gasteiger charge is 2.23. The molecule has 1 aliphatic rings. The van der Waals surface area contributed by atoms with E-state index in [1.54, 1.807) is 12.3 Å². The number of aromatic amines is 1. The molecule has 0 atom stereocenters. The molecule has 1 saturated carbocycles. The van der Waals surface area contributed by atoms with Crippen LogP contribution >= 0.6 is 0 Å². The number of imidazole rings is 1. The Hall–Kier alpha value is -4.40. The van der Waals surface area contributed by atoms with Crippen LogP contribution in [0.15, 0.2) is 66.1 Å². The van der Waals surface area contributed by atoms with Gasteiger partial charge in [0.25, 0.3) is 5.91 Å². The van der Waals surface area contributed by atoms with E-state index in [2.05, 4.69) is 30.2 Å². The van der Waals surface area contributed by atoms with Gasteiger partial charge in [-0.2, -0.15) is 0 Å². The molecule has 4 N–H and O–H groups in total. The number of para-hydroxylation sites is 1. The van der Waals surface area contributed by atoms with Gasteiger partial charge in [0, 0.05) is 30.5 Å². The van der Waals surface area contributed by atoms with Crippen LogP contribution in [-0.4, -0.2) is 32.1 Å². The molecule has 1 aliphatic carbocycles. The molecule has 0 unspecified atom stereocenters. The van der Waals surface area contributed by atoms with Crippen LogP contribution in [0.1, 0.15) is 59.0 Å². The van der Waals surface area contributed by atoms with Crippen molar-refractivity contribution in [1.29, 1.82) is 0 Å². The van der Waals surface area contributed by atoms with Crippen molar-refractivity contribution in [2.45, 2.75) is 38.1 Å². The number of nitrogens with two attached hydrogens (primary N) is 1. The van der Waals surface area contributed by atoms with Gasteiger partial charge in [-0.25, -0.2) is 19.3 Å². The number of H-pyrrole nitrogens is 1. The molecule has 8 nitrogen and oxygen atoms in total. The number of rotatable bonds is 7. The van der Waals surface area contributed by atoms with Crippen molar-refractivity contribution < 1.29 is 9.18 Å². The van der Waals surface area contributed by atoms with Crippen LogP contribution in [0, 0.1) is 5.82 Å².